The van der Waals surface area contributed by atoms with E-state index in [-0.39, 0.29) is 5.41 Å². The summed E-state index contributed by atoms with van der Waals surface area (Å²) in [5.74, 6) is 0. The van der Waals surface area contributed by atoms with Crippen LogP contribution in [-0.2, 0) is 12.5 Å². The van der Waals surface area contributed by atoms with Gasteiger partial charge in [0.05, 0.1) is 17.6 Å². The molecule has 2 saturated heterocycles. The molecule has 4 heterocycles. The molecule has 2 unspecified atom stereocenters. The lowest BCUT2D eigenvalue weighted by molar-refractivity contribution is 0.239. The van der Waals surface area contributed by atoms with Gasteiger partial charge in [0.2, 0.25) is 0 Å². The topological polar surface area (TPSA) is 46.8 Å². The molecule has 0 saturated carbocycles. The molecule has 2 fully saturated rings. The molecule has 2 atom stereocenters. The molecule has 5 nitrogen and oxygen atoms in total. The quantitative estimate of drug-likeness (QED) is 0.831. The van der Waals surface area contributed by atoms with E-state index >= 15 is 0 Å². The smallest absolute Gasteiger partial charge is 0.0961 e. The Morgan fingerprint density at radius 3 is 2.85 bits per heavy atom. The van der Waals surface area contributed by atoms with Gasteiger partial charge in [0.15, 0.2) is 0 Å². The van der Waals surface area contributed by atoms with E-state index in [9.17, 15) is 0 Å². The Labute approximate surface area is 118 Å². The van der Waals surface area contributed by atoms with Crippen molar-refractivity contribution in [2.45, 2.75) is 24.7 Å². The Bertz CT molecular complexity index is 613. The van der Waals surface area contributed by atoms with E-state index in [0.29, 0.717) is 0 Å². The Hall–Kier alpha value is -1.75. The molecule has 2 aliphatic heterocycles. The van der Waals surface area contributed by atoms with Crippen molar-refractivity contribution in [3.63, 3.8) is 0 Å². The van der Waals surface area contributed by atoms with E-state index in [1.165, 1.54) is 38.0 Å². The van der Waals surface area contributed by atoms with E-state index < -0.39 is 0 Å². The molecule has 0 aromatic carbocycles. The lowest BCUT2D eigenvalue weighted by Crippen LogP contribution is -2.37. The highest BCUT2D eigenvalue weighted by molar-refractivity contribution is 5.56. The summed E-state index contributed by atoms with van der Waals surface area (Å²) in [6.07, 6.45) is 7.57. The normalized spacial score (nSPS) is 28.8. The summed E-state index contributed by atoms with van der Waals surface area (Å²) in [7, 11) is 1.92. The number of hydrogen-bond acceptors (Lipinski definition) is 4. The monoisotopic (exact) mass is 269 g/mol. The van der Waals surface area contributed by atoms with Crippen LogP contribution in [0.2, 0.25) is 0 Å². The van der Waals surface area contributed by atoms with Gasteiger partial charge in [-0.2, -0.15) is 15.3 Å². The van der Waals surface area contributed by atoms with E-state index in [1.54, 1.807) is 4.68 Å². The van der Waals surface area contributed by atoms with E-state index in [2.05, 4.69) is 32.3 Å². The average Bonchev–Trinajstić information content (AvgIpc) is 3.04. The summed E-state index contributed by atoms with van der Waals surface area (Å²) in [4.78, 5) is 2.56. The number of rotatable bonds is 2. The Morgan fingerprint density at radius 2 is 2.10 bits per heavy atom. The van der Waals surface area contributed by atoms with Gasteiger partial charge in [-0.15, -0.1) is 0 Å². The van der Waals surface area contributed by atoms with Gasteiger partial charge < -0.3 is 4.90 Å². The Balaban J connectivity index is 1.64. The summed E-state index contributed by atoms with van der Waals surface area (Å²) < 4.78 is 1.79. The minimum atomic E-state index is 0.263. The van der Waals surface area contributed by atoms with Crippen molar-refractivity contribution >= 4 is 0 Å². The molecule has 0 radical (unpaired) electrons. The predicted octanol–water partition coefficient (Wildman–Crippen LogP) is 1.61. The fraction of sp³-hybridized carbons (Fsp3) is 0.533. The number of hydrogen-bond donors (Lipinski definition) is 0. The van der Waals surface area contributed by atoms with Gasteiger partial charge in [-0.1, -0.05) is 0 Å². The van der Waals surface area contributed by atoms with Crippen LogP contribution in [0.15, 0.2) is 24.5 Å². The molecular weight excluding hydrogens is 250 g/mol. The SMILES string of the molecule is Cn1cc(-c2ccc(C34CCCN(CC3)C4)nn2)cn1. The molecule has 2 aromatic heterocycles. The number of nitrogens with zero attached hydrogens (tertiary/aromatic N) is 5. The van der Waals surface area contributed by atoms with E-state index in [1.807, 2.05) is 19.4 Å². The molecule has 20 heavy (non-hydrogen) atoms. The van der Waals surface area contributed by atoms with E-state index in [4.69, 9.17) is 0 Å². The van der Waals surface area contributed by atoms with Crippen LogP contribution in [0.4, 0.5) is 0 Å². The van der Waals surface area contributed by atoms with Crippen molar-refractivity contribution in [2.75, 3.05) is 19.6 Å². The van der Waals surface area contributed by atoms with Crippen LogP contribution in [0.5, 0.6) is 0 Å². The average molecular weight is 269 g/mol. The molecule has 0 amide bonds. The molecule has 0 spiro atoms. The highest BCUT2D eigenvalue weighted by Crippen LogP contribution is 2.41. The first-order valence-electron chi connectivity index (χ1n) is 7.31. The van der Waals surface area contributed by atoms with Gasteiger partial charge >= 0.3 is 0 Å². The van der Waals surface area contributed by atoms with Gasteiger partial charge in [0.1, 0.15) is 0 Å². The van der Waals surface area contributed by atoms with Gasteiger partial charge in [-0.05, 0) is 44.5 Å². The highest BCUT2D eigenvalue weighted by Gasteiger charge is 2.43. The second-order valence-corrected chi connectivity index (χ2v) is 6.12. The first-order chi connectivity index (χ1) is 9.75. The second kappa shape index (κ2) is 4.38. The molecule has 2 aliphatic rings. The van der Waals surface area contributed by atoms with Crippen LogP contribution >= 0.6 is 0 Å². The molecule has 5 heteroatoms. The van der Waals surface area contributed by atoms with Crippen molar-refractivity contribution in [1.29, 1.82) is 0 Å². The first kappa shape index (κ1) is 12.0. The minimum Gasteiger partial charge on any atom is -0.302 e. The fourth-order valence-corrected chi connectivity index (χ4v) is 3.65. The number of aromatic nitrogens is 4. The molecular formula is C15H19N5. The maximum absolute atomic E-state index is 4.54. The maximum atomic E-state index is 4.54. The Kier molecular flexibility index (Phi) is 2.63. The zero-order valence-corrected chi connectivity index (χ0v) is 11.8. The molecule has 104 valence electrons. The standard InChI is InChI=1S/C15H19N5/c1-19-10-12(9-16-19)13-3-4-14(18-17-13)15-5-2-7-20(11-15)8-6-15/h3-4,9-10H,2,5-8,11H2,1H3. The largest absolute Gasteiger partial charge is 0.302 e. The van der Waals surface area contributed by atoms with Gasteiger partial charge in [0, 0.05) is 30.8 Å². The van der Waals surface area contributed by atoms with Crippen molar-refractivity contribution in [2.24, 2.45) is 7.05 Å². The third-order valence-corrected chi connectivity index (χ3v) is 4.77. The first-order valence-corrected chi connectivity index (χ1v) is 7.31. The van der Waals surface area contributed by atoms with Crippen molar-refractivity contribution < 1.29 is 0 Å². The maximum Gasteiger partial charge on any atom is 0.0961 e. The lowest BCUT2D eigenvalue weighted by atomic mass is 9.78. The van der Waals surface area contributed by atoms with Crippen LogP contribution in [0.1, 0.15) is 25.0 Å². The van der Waals surface area contributed by atoms with Crippen molar-refractivity contribution in [3.8, 4) is 11.3 Å². The summed E-state index contributed by atoms with van der Waals surface area (Å²) in [5.41, 5.74) is 3.37. The molecule has 0 aliphatic carbocycles. The van der Waals surface area contributed by atoms with Gasteiger partial charge in [-0.3, -0.25) is 4.68 Å². The predicted molar refractivity (Wildman–Crippen MR) is 76.2 cm³/mol. The third-order valence-electron chi connectivity index (χ3n) is 4.77. The van der Waals surface area contributed by atoms with Crippen LogP contribution in [-0.4, -0.2) is 44.5 Å². The van der Waals surface area contributed by atoms with Crippen LogP contribution in [0, 0.1) is 0 Å². The molecule has 4 rings (SSSR count). The van der Waals surface area contributed by atoms with Crippen LogP contribution in [0.3, 0.4) is 0 Å². The minimum absolute atomic E-state index is 0.263. The number of fused-ring (bicyclic) bond motifs is 2. The Morgan fingerprint density at radius 1 is 1.15 bits per heavy atom. The van der Waals surface area contributed by atoms with E-state index in [0.717, 1.165) is 17.8 Å². The highest BCUT2D eigenvalue weighted by atomic mass is 15.2. The zero-order valence-electron chi connectivity index (χ0n) is 11.8. The lowest BCUT2D eigenvalue weighted by Gasteiger charge is -2.33. The zero-order chi connectivity index (χ0) is 13.6. The number of piperidine rings is 1. The van der Waals surface area contributed by atoms with Crippen LogP contribution in [0.25, 0.3) is 11.3 Å². The summed E-state index contributed by atoms with van der Waals surface area (Å²) >= 11 is 0. The fourth-order valence-electron chi connectivity index (χ4n) is 3.65. The second-order valence-electron chi connectivity index (χ2n) is 6.12. The van der Waals surface area contributed by atoms with Gasteiger partial charge in [-0.25, -0.2) is 0 Å². The molecule has 2 aromatic rings. The summed E-state index contributed by atoms with van der Waals surface area (Å²) in [6.45, 7) is 3.63. The van der Waals surface area contributed by atoms with Crippen molar-refractivity contribution in [1.82, 2.24) is 24.9 Å². The summed E-state index contributed by atoms with van der Waals surface area (Å²) in [5, 5.41) is 13.2. The molecule has 2 bridgehead atoms. The van der Waals surface area contributed by atoms with Crippen LogP contribution < -0.4 is 0 Å². The molecule has 0 N–H and O–H groups in total. The summed E-state index contributed by atoms with van der Waals surface area (Å²) in [6, 6.07) is 4.26. The third kappa shape index (κ3) is 1.85. The number of aryl methyl sites for hydroxylation is 1. The van der Waals surface area contributed by atoms with Gasteiger partial charge in [0.25, 0.3) is 0 Å². The van der Waals surface area contributed by atoms with Crippen molar-refractivity contribution in [3.05, 3.63) is 30.2 Å².